The summed E-state index contributed by atoms with van der Waals surface area (Å²) in [6.07, 6.45) is 4.72. The fraction of sp³-hybridized carbons (Fsp3) is 0.423. The molecule has 0 spiro atoms. The van der Waals surface area contributed by atoms with Crippen LogP contribution in [0.2, 0.25) is 0 Å². The van der Waals surface area contributed by atoms with Gasteiger partial charge in [-0.2, -0.15) is 0 Å². The van der Waals surface area contributed by atoms with Gasteiger partial charge in [-0.15, -0.1) is 0 Å². The van der Waals surface area contributed by atoms with Crippen LogP contribution in [0, 0.1) is 11.8 Å². The van der Waals surface area contributed by atoms with Crippen molar-refractivity contribution in [1.82, 2.24) is 5.32 Å². The van der Waals surface area contributed by atoms with E-state index >= 15 is 0 Å². The second-order valence-electron chi connectivity index (χ2n) is 8.43. The standard InChI is InChI=1S/C26H33N3O3/c1-3-5-9-19(4-2)17-27-25(31)20-12-14-22(15-13-20)28-26(32)21-16-24(30)29(18-21)23-10-7-6-8-11-23/h6-8,10-15,19,21H,3-5,9,16-18H2,1-2H3,(H,27,31)(H,28,32). The molecular formula is C26H33N3O3. The maximum Gasteiger partial charge on any atom is 0.251 e. The average molecular weight is 436 g/mol. The summed E-state index contributed by atoms with van der Waals surface area (Å²) in [5.74, 6) is -0.233. The molecule has 1 heterocycles. The molecule has 1 fully saturated rings. The number of rotatable bonds is 10. The Bertz CT molecular complexity index is 912. The SMILES string of the molecule is CCCCC(CC)CNC(=O)c1ccc(NC(=O)C2CC(=O)N(c3ccccc3)C2)cc1. The van der Waals surface area contributed by atoms with Gasteiger partial charge in [0.05, 0.1) is 5.92 Å². The van der Waals surface area contributed by atoms with Crippen LogP contribution in [0.15, 0.2) is 54.6 Å². The fourth-order valence-corrected chi connectivity index (χ4v) is 3.97. The number of carbonyl (C=O) groups excluding carboxylic acids is 3. The summed E-state index contributed by atoms with van der Waals surface area (Å²) in [5, 5.41) is 5.90. The van der Waals surface area contributed by atoms with Crippen molar-refractivity contribution in [3.63, 3.8) is 0 Å². The minimum Gasteiger partial charge on any atom is -0.352 e. The van der Waals surface area contributed by atoms with Gasteiger partial charge >= 0.3 is 0 Å². The number of nitrogens with zero attached hydrogens (tertiary/aromatic N) is 1. The Morgan fingerprint density at radius 3 is 2.44 bits per heavy atom. The summed E-state index contributed by atoms with van der Waals surface area (Å²) in [4.78, 5) is 39.1. The molecule has 32 heavy (non-hydrogen) atoms. The van der Waals surface area contributed by atoms with Crippen LogP contribution in [0.1, 0.15) is 56.3 Å². The van der Waals surface area contributed by atoms with Crippen molar-refractivity contribution >= 4 is 29.1 Å². The molecule has 170 valence electrons. The molecule has 2 atom stereocenters. The van der Waals surface area contributed by atoms with Crippen molar-refractivity contribution < 1.29 is 14.4 Å². The number of hydrogen-bond donors (Lipinski definition) is 2. The summed E-state index contributed by atoms with van der Waals surface area (Å²) in [6.45, 7) is 5.38. The van der Waals surface area contributed by atoms with Crippen molar-refractivity contribution in [3.8, 4) is 0 Å². The van der Waals surface area contributed by atoms with E-state index in [1.807, 2.05) is 30.3 Å². The van der Waals surface area contributed by atoms with Gasteiger partial charge in [0.2, 0.25) is 11.8 Å². The molecule has 2 unspecified atom stereocenters. The van der Waals surface area contributed by atoms with Crippen LogP contribution >= 0.6 is 0 Å². The number of carbonyl (C=O) groups is 3. The molecule has 0 aromatic heterocycles. The molecule has 6 nitrogen and oxygen atoms in total. The van der Waals surface area contributed by atoms with Crippen LogP contribution in [0.3, 0.4) is 0 Å². The predicted molar refractivity (Wildman–Crippen MR) is 128 cm³/mol. The lowest BCUT2D eigenvalue weighted by Gasteiger charge is -2.16. The third kappa shape index (κ3) is 6.19. The number of anilines is 2. The smallest absolute Gasteiger partial charge is 0.251 e. The first-order valence-electron chi connectivity index (χ1n) is 11.6. The van der Waals surface area contributed by atoms with E-state index in [4.69, 9.17) is 0 Å². The zero-order chi connectivity index (χ0) is 22.9. The normalized spacial score (nSPS) is 16.6. The lowest BCUT2D eigenvalue weighted by molar-refractivity contribution is -0.122. The maximum absolute atomic E-state index is 12.7. The molecule has 0 aliphatic carbocycles. The molecule has 2 aromatic carbocycles. The first-order chi connectivity index (χ1) is 15.5. The van der Waals surface area contributed by atoms with Gasteiger partial charge in [-0.3, -0.25) is 14.4 Å². The second-order valence-corrected chi connectivity index (χ2v) is 8.43. The number of unbranched alkanes of at least 4 members (excludes halogenated alkanes) is 1. The molecule has 0 bridgehead atoms. The Hall–Kier alpha value is -3.15. The third-order valence-electron chi connectivity index (χ3n) is 6.07. The summed E-state index contributed by atoms with van der Waals surface area (Å²) in [6, 6.07) is 16.3. The molecular weight excluding hydrogens is 402 g/mol. The number of amides is 3. The molecule has 1 aliphatic heterocycles. The van der Waals surface area contributed by atoms with Crippen LogP contribution in [-0.2, 0) is 9.59 Å². The molecule has 1 aliphatic rings. The molecule has 3 rings (SSSR count). The van der Waals surface area contributed by atoms with Crippen molar-refractivity contribution in [2.24, 2.45) is 11.8 Å². The Morgan fingerprint density at radius 2 is 1.78 bits per heavy atom. The van der Waals surface area contributed by atoms with Gasteiger partial charge in [-0.25, -0.2) is 0 Å². The maximum atomic E-state index is 12.7. The zero-order valence-electron chi connectivity index (χ0n) is 19.0. The van der Waals surface area contributed by atoms with E-state index in [9.17, 15) is 14.4 Å². The van der Waals surface area contributed by atoms with E-state index in [1.54, 1.807) is 29.2 Å². The highest BCUT2D eigenvalue weighted by Crippen LogP contribution is 2.26. The lowest BCUT2D eigenvalue weighted by Crippen LogP contribution is -2.29. The predicted octanol–water partition coefficient (Wildman–Crippen LogP) is 4.62. The van der Waals surface area contributed by atoms with Gasteiger partial charge in [-0.1, -0.05) is 51.3 Å². The first kappa shape index (κ1) is 23.5. The Kier molecular flexibility index (Phi) is 8.42. The Labute approximate surface area is 190 Å². The largest absolute Gasteiger partial charge is 0.352 e. The highest BCUT2D eigenvalue weighted by molar-refractivity contribution is 6.03. The average Bonchev–Trinajstić information content (AvgIpc) is 3.22. The summed E-state index contributed by atoms with van der Waals surface area (Å²) < 4.78 is 0. The number of hydrogen-bond acceptors (Lipinski definition) is 3. The Morgan fingerprint density at radius 1 is 1.06 bits per heavy atom. The van der Waals surface area contributed by atoms with Crippen molar-refractivity contribution in [3.05, 3.63) is 60.2 Å². The zero-order valence-corrected chi connectivity index (χ0v) is 19.0. The van der Waals surface area contributed by atoms with Gasteiger partial charge in [0.25, 0.3) is 5.91 Å². The number of benzene rings is 2. The summed E-state index contributed by atoms with van der Waals surface area (Å²) >= 11 is 0. The van der Waals surface area contributed by atoms with Crippen molar-refractivity contribution in [1.29, 1.82) is 0 Å². The first-order valence-corrected chi connectivity index (χ1v) is 11.6. The number of para-hydroxylation sites is 1. The quantitative estimate of drug-likeness (QED) is 0.571. The molecule has 1 saturated heterocycles. The Balaban J connectivity index is 1.51. The minimum absolute atomic E-state index is 0.0484. The molecule has 3 amide bonds. The van der Waals surface area contributed by atoms with E-state index in [0.717, 1.165) is 24.9 Å². The van der Waals surface area contributed by atoms with Crippen LogP contribution in [0.25, 0.3) is 0 Å². The van der Waals surface area contributed by atoms with Crippen LogP contribution in [0.4, 0.5) is 11.4 Å². The molecule has 2 aromatic rings. The summed E-state index contributed by atoms with van der Waals surface area (Å²) in [5.41, 5.74) is 1.99. The third-order valence-corrected chi connectivity index (χ3v) is 6.07. The van der Waals surface area contributed by atoms with Crippen LogP contribution < -0.4 is 15.5 Å². The van der Waals surface area contributed by atoms with Gasteiger partial charge in [-0.05, 0) is 48.7 Å². The molecule has 6 heteroatoms. The highest BCUT2D eigenvalue weighted by Gasteiger charge is 2.35. The van der Waals surface area contributed by atoms with Crippen LogP contribution in [-0.4, -0.2) is 30.8 Å². The van der Waals surface area contributed by atoms with E-state index in [0.29, 0.717) is 30.3 Å². The van der Waals surface area contributed by atoms with Crippen LogP contribution in [0.5, 0.6) is 0 Å². The van der Waals surface area contributed by atoms with Crippen molar-refractivity contribution in [2.75, 3.05) is 23.3 Å². The second kappa shape index (κ2) is 11.5. The van der Waals surface area contributed by atoms with Crippen molar-refractivity contribution in [2.45, 2.75) is 46.0 Å². The van der Waals surface area contributed by atoms with Gasteiger partial charge in [0, 0.05) is 36.4 Å². The van der Waals surface area contributed by atoms with Gasteiger partial charge < -0.3 is 15.5 Å². The fourth-order valence-electron chi connectivity index (χ4n) is 3.97. The van der Waals surface area contributed by atoms with E-state index in [1.165, 1.54) is 6.42 Å². The minimum atomic E-state index is -0.403. The molecule has 0 radical (unpaired) electrons. The van der Waals surface area contributed by atoms with E-state index in [-0.39, 0.29) is 24.1 Å². The lowest BCUT2D eigenvalue weighted by atomic mass is 9.99. The topological polar surface area (TPSA) is 78.5 Å². The molecule has 0 saturated carbocycles. The van der Waals surface area contributed by atoms with Gasteiger partial charge in [0.1, 0.15) is 0 Å². The number of nitrogens with one attached hydrogen (secondary N) is 2. The van der Waals surface area contributed by atoms with E-state index in [2.05, 4.69) is 24.5 Å². The molecule has 2 N–H and O–H groups in total. The van der Waals surface area contributed by atoms with E-state index < -0.39 is 5.92 Å². The monoisotopic (exact) mass is 435 g/mol. The van der Waals surface area contributed by atoms with Gasteiger partial charge in [0.15, 0.2) is 0 Å². The summed E-state index contributed by atoms with van der Waals surface area (Å²) in [7, 11) is 0. The highest BCUT2D eigenvalue weighted by atomic mass is 16.2.